The monoisotopic (exact) mass is 287 g/mol. The fourth-order valence-electron chi connectivity index (χ4n) is 2.03. The Morgan fingerprint density at radius 2 is 1.81 bits per heavy atom. The maximum absolute atomic E-state index is 12.1. The van der Waals surface area contributed by atoms with Crippen LogP contribution in [-0.4, -0.2) is 33.9 Å². The predicted octanol–water partition coefficient (Wildman–Crippen LogP) is 1.43. The lowest BCUT2D eigenvalue weighted by Crippen LogP contribution is -2.39. The number of phenolic OH excluding ortho intramolecular Hbond substituents is 2. The van der Waals surface area contributed by atoms with Crippen molar-refractivity contribution in [3.8, 4) is 11.5 Å². The Hall–Kier alpha value is -2.53. The van der Waals surface area contributed by atoms with Crippen LogP contribution in [0.1, 0.15) is 15.9 Å². The molecular weight excluding hydrogens is 270 g/mol. The highest BCUT2D eigenvalue weighted by molar-refractivity contribution is 5.97. The minimum atomic E-state index is -0.543. The van der Waals surface area contributed by atoms with Gasteiger partial charge in [-0.3, -0.25) is 4.79 Å². The smallest absolute Gasteiger partial charge is 0.255 e. The first-order valence-electron chi connectivity index (χ1n) is 6.58. The van der Waals surface area contributed by atoms with E-state index in [4.69, 9.17) is 0 Å². The molecule has 5 nitrogen and oxygen atoms in total. The van der Waals surface area contributed by atoms with Crippen LogP contribution in [0, 0.1) is 0 Å². The third kappa shape index (κ3) is 3.97. The van der Waals surface area contributed by atoms with Gasteiger partial charge in [-0.2, -0.15) is 0 Å². The third-order valence-electron chi connectivity index (χ3n) is 3.11. The van der Waals surface area contributed by atoms with Crippen LogP contribution in [-0.2, 0) is 6.42 Å². The van der Waals surface area contributed by atoms with Gasteiger partial charge in [0.25, 0.3) is 5.91 Å². The average molecular weight is 287 g/mol. The van der Waals surface area contributed by atoms with Crippen LogP contribution < -0.4 is 5.32 Å². The number of aliphatic hydroxyl groups excluding tert-OH is 1. The van der Waals surface area contributed by atoms with Crippen LogP contribution >= 0.6 is 0 Å². The van der Waals surface area contributed by atoms with E-state index in [1.807, 2.05) is 30.3 Å². The van der Waals surface area contributed by atoms with Crippen LogP contribution in [0.4, 0.5) is 0 Å². The molecule has 2 rings (SSSR count). The first kappa shape index (κ1) is 14.9. The van der Waals surface area contributed by atoms with Crippen molar-refractivity contribution in [2.24, 2.45) is 0 Å². The second kappa shape index (κ2) is 6.76. The summed E-state index contributed by atoms with van der Waals surface area (Å²) >= 11 is 0. The minimum Gasteiger partial charge on any atom is -0.508 e. The van der Waals surface area contributed by atoms with Crippen LogP contribution in [0.5, 0.6) is 11.5 Å². The molecule has 0 saturated heterocycles. The van der Waals surface area contributed by atoms with Gasteiger partial charge in [0.15, 0.2) is 0 Å². The Morgan fingerprint density at radius 3 is 2.48 bits per heavy atom. The van der Waals surface area contributed by atoms with Gasteiger partial charge in [-0.05, 0) is 30.2 Å². The molecule has 0 bridgehead atoms. The Labute approximate surface area is 122 Å². The highest BCUT2D eigenvalue weighted by atomic mass is 16.3. The number of phenols is 2. The SMILES string of the molecule is O=C(N[C@@H](CO)Cc1ccccc1)c1cc(O)ccc1O. The van der Waals surface area contributed by atoms with Crippen molar-refractivity contribution in [2.45, 2.75) is 12.5 Å². The van der Waals surface area contributed by atoms with Crippen molar-refractivity contribution in [1.29, 1.82) is 0 Å². The first-order chi connectivity index (χ1) is 10.1. The third-order valence-corrected chi connectivity index (χ3v) is 3.11. The number of carbonyl (C=O) groups excluding carboxylic acids is 1. The predicted molar refractivity (Wildman–Crippen MR) is 78.3 cm³/mol. The summed E-state index contributed by atoms with van der Waals surface area (Å²) in [6.45, 7) is -0.222. The number of rotatable bonds is 5. The van der Waals surface area contributed by atoms with Crippen molar-refractivity contribution in [3.63, 3.8) is 0 Å². The van der Waals surface area contributed by atoms with E-state index in [1.54, 1.807) is 0 Å². The number of carbonyl (C=O) groups is 1. The van der Waals surface area contributed by atoms with Gasteiger partial charge in [-0.25, -0.2) is 0 Å². The van der Waals surface area contributed by atoms with Crippen LogP contribution in [0.25, 0.3) is 0 Å². The molecule has 1 atom stereocenters. The summed E-state index contributed by atoms with van der Waals surface area (Å²) in [5.74, 6) is -0.873. The van der Waals surface area contributed by atoms with E-state index in [0.29, 0.717) is 6.42 Å². The average Bonchev–Trinajstić information content (AvgIpc) is 2.50. The minimum absolute atomic E-state index is 0.0264. The van der Waals surface area contributed by atoms with E-state index in [9.17, 15) is 20.1 Å². The normalized spacial score (nSPS) is 11.9. The maximum Gasteiger partial charge on any atom is 0.255 e. The maximum atomic E-state index is 12.1. The highest BCUT2D eigenvalue weighted by Gasteiger charge is 2.17. The standard InChI is InChI=1S/C16H17NO4/c18-10-12(8-11-4-2-1-3-5-11)17-16(21)14-9-13(19)6-7-15(14)20/h1-7,9,12,18-20H,8,10H2,(H,17,21)/t12-/m1/s1. The molecule has 5 heteroatoms. The van der Waals surface area contributed by atoms with Crippen LogP contribution in [0.2, 0.25) is 0 Å². The Morgan fingerprint density at radius 1 is 1.10 bits per heavy atom. The Kier molecular flexibility index (Phi) is 4.79. The molecular formula is C16H17NO4. The van der Waals surface area contributed by atoms with Gasteiger partial charge in [0.05, 0.1) is 18.2 Å². The van der Waals surface area contributed by atoms with Gasteiger partial charge in [-0.15, -0.1) is 0 Å². The van der Waals surface area contributed by atoms with Crippen LogP contribution in [0.3, 0.4) is 0 Å². The fraction of sp³-hybridized carbons (Fsp3) is 0.188. The Balaban J connectivity index is 2.07. The summed E-state index contributed by atoms with van der Waals surface area (Å²) in [5, 5.41) is 31.0. The molecule has 0 heterocycles. The molecule has 21 heavy (non-hydrogen) atoms. The molecule has 0 saturated carbocycles. The number of hydrogen-bond donors (Lipinski definition) is 4. The Bertz CT molecular complexity index is 613. The number of amides is 1. The van der Waals surface area contributed by atoms with Gasteiger partial charge in [-0.1, -0.05) is 30.3 Å². The van der Waals surface area contributed by atoms with E-state index in [-0.39, 0.29) is 23.7 Å². The lowest BCUT2D eigenvalue weighted by atomic mass is 10.1. The number of hydrogen-bond acceptors (Lipinski definition) is 4. The fourth-order valence-corrected chi connectivity index (χ4v) is 2.03. The summed E-state index contributed by atoms with van der Waals surface area (Å²) in [4.78, 5) is 12.1. The van der Waals surface area contributed by atoms with Crippen molar-refractivity contribution >= 4 is 5.91 Å². The van der Waals surface area contributed by atoms with Crippen molar-refractivity contribution in [2.75, 3.05) is 6.61 Å². The van der Waals surface area contributed by atoms with E-state index < -0.39 is 11.9 Å². The molecule has 1 amide bonds. The van der Waals surface area contributed by atoms with E-state index >= 15 is 0 Å². The van der Waals surface area contributed by atoms with Crippen LogP contribution in [0.15, 0.2) is 48.5 Å². The zero-order valence-corrected chi connectivity index (χ0v) is 11.4. The molecule has 0 aliphatic heterocycles. The molecule has 0 aromatic heterocycles. The van der Waals surface area contributed by atoms with Crippen molar-refractivity contribution in [3.05, 3.63) is 59.7 Å². The van der Waals surface area contributed by atoms with E-state index in [0.717, 1.165) is 5.56 Å². The molecule has 0 unspecified atom stereocenters. The highest BCUT2D eigenvalue weighted by Crippen LogP contribution is 2.22. The number of nitrogens with one attached hydrogen (secondary N) is 1. The summed E-state index contributed by atoms with van der Waals surface area (Å²) in [6.07, 6.45) is 0.475. The summed E-state index contributed by atoms with van der Waals surface area (Å²) in [7, 11) is 0. The number of aliphatic hydroxyl groups is 1. The molecule has 0 aliphatic rings. The molecule has 2 aromatic carbocycles. The molecule has 0 spiro atoms. The summed E-state index contributed by atoms with van der Waals surface area (Å²) in [5.41, 5.74) is 0.957. The topological polar surface area (TPSA) is 89.8 Å². The summed E-state index contributed by atoms with van der Waals surface area (Å²) < 4.78 is 0. The summed E-state index contributed by atoms with van der Waals surface area (Å²) in [6, 6.07) is 12.7. The van der Waals surface area contributed by atoms with E-state index in [1.165, 1.54) is 18.2 Å². The zero-order chi connectivity index (χ0) is 15.2. The molecule has 0 aliphatic carbocycles. The van der Waals surface area contributed by atoms with Gasteiger partial charge < -0.3 is 20.6 Å². The second-order valence-corrected chi connectivity index (χ2v) is 4.74. The van der Waals surface area contributed by atoms with Gasteiger partial charge in [0, 0.05) is 0 Å². The lowest BCUT2D eigenvalue weighted by Gasteiger charge is -2.17. The van der Waals surface area contributed by atoms with Crippen molar-refractivity contribution in [1.82, 2.24) is 5.32 Å². The molecule has 0 fully saturated rings. The first-order valence-corrected chi connectivity index (χ1v) is 6.58. The lowest BCUT2D eigenvalue weighted by molar-refractivity contribution is 0.0913. The zero-order valence-electron chi connectivity index (χ0n) is 11.4. The molecule has 4 N–H and O–H groups in total. The van der Waals surface area contributed by atoms with Gasteiger partial charge >= 0.3 is 0 Å². The van der Waals surface area contributed by atoms with Gasteiger partial charge in [0.1, 0.15) is 11.5 Å². The molecule has 2 aromatic rings. The second-order valence-electron chi connectivity index (χ2n) is 4.74. The molecule has 110 valence electrons. The van der Waals surface area contributed by atoms with E-state index in [2.05, 4.69) is 5.32 Å². The number of benzene rings is 2. The number of aromatic hydroxyl groups is 2. The quantitative estimate of drug-likeness (QED) is 0.626. The van der Waals surface area contributed by atoms with Crippen molar-refractivity contribution < 1.29 is 20.1 Å². The van der Waals surface area contributed by atoms with Gasteiger partial charge in [0.2, 0.25) is 0 Å². The largest absolute Gasteiger partial charge is 0.508 e. The molecule has 0 radical (unpaired) electrons.